The van der Waals surface area contributed by atoms with E-state index in [9.17, 15) is 14.9 Å². The van der Waals surface area contributed by atoms with E-state index >= 15 is 0 Å². The molecule has 0 aliphatic carbocycles. The SMILES string of the molecule is Cc1c(NC(=O)/C(C#N)=N/Nc2cccc(C#N)c2)c(=O)n(-c2ccccc2)n1C. The average molecular weight is 399 g/mol. The van der Waals surface area contributed by atoms with Crippen molar-refractivity contribution in [2.24, 2.45) is 12.1 Å². The molecule has 0 aliphatic rings. The van der Waals surface area contributed by atoms with Gasteiger partial charge in [0.15, 0.2) is 0 Å². The van der Waals surface area contributed by atoms with Crippen LogP contribution in [0.1, 0.15) is 11.3 Å². The molecule has 0 aliphatic heterocycles. The fourth-order valence-corrected chi connectivity index (χ4v) is 2.79. The smallest absolute Gasteiger partial charge is 0.295 e. The Morgan fingerprint density at radius 2 is 1.83 bits per heavy atom. The van der Waals surface area contributed by atoms with Crippen molar-refractivity contribution >= 4 is 23.0 Å². The molecule has 0 saturated heterocycles. The summed E-state index contributed by atoms with van der Waals surface area (Å²) in [6.45, 7) is 1.69. The molecular weight excluding hydrogens is 382 g/mol. The maximum absolute atomic E-state index is 12.9. The van der Waals surface area contributed by atoms with Crippen LogP contribution < -0.4 is 16.3 Å². The number of hydrogen-bond donors (Lipinski definition) is 2. The van der Waals surface area contributed by atoms with Gasteiger partial charge in [-0.3, -0.25) is 19.7 Å². The second-order valence-corrected chi connectivity index (χ2v) is 6.27. The zero-order valence-corrected chi connectivity index (χ0v) is 16.2. The molecule has 0 fully saturated rings. The monoisotopic (exact) mass is 399 g/mol. The summed E-state index contributed by atoms with van der Waals surface area (Å²) in [5.74, 6) is -0.826. The van der Waals surface area contributed by atoms with Crippen LogP contribution in [0.3, 0.4) is 0 Å². The second-order valence-electron chi connectivity index (χ2n) is 6.27. The highest BCUT2D eigenvalue weighted by atomic mass is 16.2. The van der Waals surface area contributed by atoms with Crippen LogP contribution in [0.5, 0.6) is 0 Å². The van der Waals surface area contributed by atoms with Crippen LogP contribution in [0.25, 0.3) is 5.69 Å². The lowest BCUT2D eigenvalue weighted by atomic mass is 10.2. The van der Waals surface area contributed by atoms with Gasteiger partial charge in [-0.05, 0) is 37.3 Å². The molecule has 0 unspecified atom stereocenters. The fraction of sp³-hybridized carbons (Fsp3) is 0.0952. The average Bonchev–Trinajstić information content (AvgIpc) is 2.98. The number of nitrogens with zero attached hydrogens (tertiary/aromatic N) is 5. The Kier molecular flexibility index (Phi) is 5.76. The van der Waals surface area contributed by atoms with Gasteiger partial charge in [0.1, 0.15) is 11.8 Å². The van der Waals surface area contributed by atoms with E-state index in [0.717, 1.165) is 0 Å². The summed E-state index contributed by atoms with van der Waals surface area (Å²) in [4.78, 5) is 25.4. The number of aromatic nitrogens is 2. The van der Waals surface area contributed by atoms with E-state index in [2.05, 4.69) is 15.8 Å². The van der Waals surface area contributed by atoms with Crippen LogP contribution >= 0.6 is 0 Å². The van der Waals surface area contributed by atoms with Crippen LogP contribution in [0.15, 0.2) is 64.5 Å². The van der Waals surface area contributed by atoms with Crippen LogP contribution in [0.4, 0.5) is 11.4 Å². The number of amides is 1. The number of hydrogen-bond acceptors (Lipinski definition) is 6. The van der Waals surface area contributed by atoms with Crippen LogP contribution in [0, 0.1) is 29.6 Å². The molecule has 9 heteroatoms. The Balaban J connectivity index is 1.87. The summed E-state index contributed by atoms with van der Waals surface area (Å²) < 4.78 is 3.03. The Labute approximate surface area is 172 Å². The molecule has 3 rings (SSSR count). The van der Waals surface area contributed by atoms with Crippen molar-refractivity contribution < 1.29 is 4.79 Å². The maximum Gasteiger partial charge on any atom is 0.295 e. The third-order valence-corrected chi connectivity index (χ3v) is 4.40. The van der Waals surface area contributed by atoms with Crippen molar-refractivity contribution in [3.63, 3.8) is 0 Å². The van der Waals surface area contributed by atoms with Gasteiger partial charge < -0.3 is 5.32 Å². The van der Waals surface area contributed by atoms with Crippen molar-refractivity contribution in [2.75, 3.05) is 10.7 Å². The Morgan fingerprint density at radius 1 is 1.10 bits per heavy atom. The van der Waals surface area contributed by atoms with Crippen molar-refractivity contribution in [1.82, 2.24) is 9.36 Å². The Bertz CT molecular complexity index is 1270. The number of carbonyl (C=O) groups excluding carboxylic acids is 1. The zero-order valence-electron chi connectivity index (χ0n) is 16.2. The summed E-state index contributed by atoms with van der Waals surface area (Å²) in [6.07, 6.45) is 0. The molecule has 30 heavy (non-hydrogen) atoms. The molecule has 0 radical (unpaired) electrons. The van der Waals surface area contributed by atoms with Gasteiger partial charge in [-0.2, -0.15) is 15.6 Å². The minimum Gasteiger partial charge on any atom is -0.314 e. The summed E-state index contributed by atoms with van der Waals surface area (Å²) in [5, 5.41) is 24.5. The highest BCUT2D eigenvalue weighted by Gasteiger charge is 2.20. The molecule has 1 heterocycles. The Hall–Kier alpha value is -4.63. The van der Waals surface area contributed by atoms with Gasteiger partial charge >= 0.3 is 0 Å². The quantitative estimate of drug-likeness (QED) is 0.502. The van der Waals surface area contributed by atoms with E-state index in [4.69, 9.17) is 5.26 Å². The molecule has 0 atom stereocenters. The van der Waals surface area contributed by atoms with Crippen molar-refractivity contribution in [3.8, 4) is 17.8 Å². The lowest BCUT2D eigenvalue weighted by Crippen LogP contribution is -2.27. The predicted octanol–water partition coefficient (Wildman–Crippen LogP) is 2.29. The van der Waals surface area contributed by atoms with Gasteiger partial charge in [-0.15, -0.1) is 0 Å². The molecular formula is C21H17N7O2. The number of benzene rings is 2. The first-order valence-corrected chi connectivity index (χ1v) is 8.85. The van der Waals surface area contributed by atoms with Crippen LogP contribution in [0.2, 0.25) is 0 Å². The maximum atomic E-state index is 12.9. The van der Waals surface area contributed by atoms with Gasteiger partial charge in [0.25, 0.3) is 11.5 Å². The minimum absolute atomic E-state index is 0.0563. The molecule has 0 bridgehead atoms. The first-order valence-electron chi connectivity index (χ1n) is 8.85. The minimum atomic E-state index is -0.826. The molecule has 148 valence electrons. The van der Waals surface area contributed by atoms with E-state index in [0.29, 0.717) is 22.6 Å². The first kappa shape index (κ1) is 20.1. The summed E-state index contributed by atoms with van der Waals surface area (Å²) in [5.41, 5.74) is 3.74. The number of nitrogens with one attached hydrogen (secondary N) is 2. The predicted molar refractivity (Wildman–Crippen MR) is 112 cm³/mol. The van der Waals surface area contributed by atoms with Crippen molar-refractivity contribution in [2.45, 2.75) is 6.92 Å². The molecule has 3 aromatic rings. The van der Waals surface area contributed by atoms with E-state index in [1.807, 2.05) is 12.1 Å². The van der Waals surface area contributed by atoms with E-state index < -0.39 is 17.2 Å². The van der Waals surface area contributed by atoms with Crippen LogP contribution in [-0.2, 0) is 11.8 Å². The highest BCUT2D eigenvalue weighted by molar-refractivity contribution is 6.48. The summed E-state index contributed by atoms with van der Waals surface area (Å²) >= 11 is 0. The van der Waals surface area contributed by atoms with Crippen LogP contribution in [-0.4, -0.2) is 21.0 Å². The van der Waals surface area contributed by atoms with Gasteiger partial charge in [0.05, 0.1) is 28.7 Å². The summed E-state index contributed by atoms with van der Waals surface area (Å²) in [7, 11) is 1.70. The Morgan fingerprint density at radius 3 is 2.50 bits per heavy atom. The molecule has 2 N–H and O–H groups in total. The number of nitriles is 2. The van der Waals surface area contributed by atoms with Gasteiger partial charge in [-0.25, -0.2) is 4.68 Å². The van der Waals surface area contributed by atoms with Gasteiger partial charge in [0, 0.05) is 7.05 Å². The standard InChI is InChI=1S/C21H17N7O2/c1-14-19(21(30)28(27(14)2)17-9-4-3-5-10-17)24-20(29)18(13-23)26-25-16-8-6-7-15(11-16)12-22/h3-11,25H,1-2H3,(H,24,29)/b26-18+. The molecule has 0 spiro atoms. The number of para-hydroxylation sites is 1. The normalized spacial score (nSPS) is 10.7. The van der Waals surface area contributed by atoms with E-state index in [1.165, 1.54) is 10.7 Å². The van der Waals surface area contributed by atoms with Crippen molar-refractivity contribution in [1.29, 1.82) is 10.5 Å². The lowest BCUT2D eigenvalue weighted by molar-refractivity contribution is -0.110. The second kappa shape index (κ2) is 8.59. The number of carbonyl (C=O) groups is 1. The summed E-state index contributed by atoms with van der Waals surface area (Å²) in [6, 6.07) is 19.1. The third kappa shape index (κ3) is 3.96. The highest BCUT2D eigenvalue weighted by Crippen LogP contribution is 2.14. The third-order valence-electron chi connectivity index (χ3n) is 4.40. The van der Waals surface area contributed by atoms with Gasteiger partial charge in [0.2, 0.25) is 5.71 Å². The molecule has 1 amide bonds. The van der Waals surface area contributed by atoms with E-state index in [1.54, 1.807) is 67.2 Å². The number of hydrazone groups is 1. The molecule has 2 aromatic carbocycles. The molecule has 9 nitrogen and oxygen atoms in total. The van der Waals surface area contributed by atoms with E-state index in [-0.39, 0.29) is 5.69 Å². The molecule has 0 saturated carbocycles. The lowest BCUT2D eigenvalue weighted by Gasteiger charge is -2.07. The fourth-order valence-electron chi connectivity index (χ4n) is 2.79. The zero-order chi connectivity index (χ0) is 21.7. The van der Waals surface area contributed by atoms with Gasteiger partial charge in [-0.1, -0.05) is 24.3 Å². The number of rotatable bonds is 5. The topological polar surface area (TPSA) is 128 Å². The molecule has 1 aromatic heterocycles. The largest absolute Gasteiger partial charge is 0.314 e. The first-order chi connectivity index (χ1) is 14.5. The van der Waals surface area contributed by atoms with Crippen molar-refractivity contribution in [3.05, 3.63) is 76.2 Å². The number of anilines is 2.